The van der Waals surface area contributed by atoms with Crippen LogP contribution in [0.1, 0.15) is 52.9 Å². The van der Waals surface area contributed by atoms with Crippen molar-refractivity contribution in [3.05, 3.63) is 0 Å². The summed E-state index contributed by atoms with van der Waals surface area (Å²) in [6.45, 7) is 6.46. The predicted molar refractivity (Wildman–Crippen MR) is 78.0 cm³/mol. The van der Waals surface area contributed by atoms with E-state index in [0.717, 1.165) is 11.7 Å². The molecule has 0 bridgehead atoms. The van der Waals surface area contributed by atoms with Gasteiger partial charge >= 0.3 is 5.97 Å². The minimum absolute atomic E-state index is 0.133. The zero-order chi connectivity index (χ0) is 13.6. The maximum atomic E-state index is 12.0. The van der Waals surface area contributed by atoms with Gasteiger partial charge in [-0.15, -0.1) is 0 Å². The van der Waals surface area contributed by atoms with Gasteiger partial charge in [0.05, 0.1) is 6.61 Å². The van der Waals surface area contributed by atoms with Crippen LogP contribution in [0.2, 0.25) is 0 Å². The highest BCUT2D eigenvalue weighted by atomic mass is 32.2. The Morgan fingerprint density at radius 2 is 2.11 bits per heavy atom. The van der Waals surface area contributed by atoms with Crippen LogP contribution in [0, 0.1) is 0 Å². The molecule has 0 aromatic carbocycles. The van der Waals surface area contributed by atoms with Crippen LogP contribution in [-0.4, -0.2) is 35.7 Å². The van der Waals surface area contributed by atoms with Gasteiger partial charge < -0.3 is 10.1 Å². The number of thioether (sulfide) groups is 1. The largest absolute Gasteiger partial charge is 0.465 e. The number of hydrogen-bond acceptors (Lipinski definition) is 4. The molecule has 0 aromatic heterocycles. The van der Waals surface area contributed by atoms with Gasteiger partial charge in [0.15, 0.2) is 0 Å². The topological polar surface area (TPSA) is 38.3 Å². The molecule has 1 rings (SSSR count). The molecule has 0 aromatic rings. The van der Waals surface area contributed by atoms with Crippen molar-refractivity contribution in [2.24, 2.45) is 0 Å². The van der Waals surface area contributed by atoms with E-state index in [0.29, 0.717) is 11.9 Å². The van der Waals surface area contributed by atoms with Crippen molar-refractivity contribution in [2.75, 3.05) is 13.7 Å². The Hall–Kier alpha value is -0.220. The average molecular weight is 273 g/mol. The number of ether oxygens (including phenoxy) is 1. The Morgan fingerprint density at radius 1 is 1.50 bits per heavy atom. The average Bonchev–Trinajstić information content (AvgIpc) is 2.81. The van der Waals surface area contributed by atoms with Crippen molar-refractivity contribution >= 4 is 17.7 Å². The molecule has 2 atom stereocenters. The van der Waals surface area contributed by atoms with E-state index in [1.54, 1.807) is 0 Å². The van der Waals surface area contributed by atoms with Crippen molar-refractivity contribution < 1.29 is 9.53 Å². The highest BCUT2D eigenvalue weighted by Crippen LogP contribution is 2.34. The van der Waals surface area contributed by atoms with Gasteiger partial charge in [0.1, 0.15) is 5.54 Å². The van der Waals surface area contributed by atoms with Crippen molar-refractivity contribution in [1.29, 1.82) is 0 Å². The fourth-order valence-electron chi connectivity index (χ4n) is 2.55. The Labute approximate surface area is 115 Å². The Morgan fingerprint density at radius 3 is 2.61 bits per heavy atom. The Bertz CT molecular complexity index is 267. The number of nitrogens with one attached hydrogen (secondary N) is 1. The standard InChI is InChI=1S/C14H27NO2S/c1-5-17-13(16)14(3,15-4)10-11(2)18-12-8-6-7-9-12/h11-12,15H,5-10H2,1-4H3. The monoisotopic (exact) mass is 273 g/mol. The minimum Gasteiger partial charge on any atom is -0.465 e. The molecule has 0 aliphatic heterocycles. The van der Waals surface area contributed by atoms with E-state index in [9.17, 15) is 4.79 Å². The van der Waals surface area contributed by atoms with Gasteiger partial charge in [-0.1, -0.05) is 19.8 Å². The molecule has 0 spiro atoms. The SMILES string of the molecule is CCOC(=O)C(C)(CC(C)SC1CCCC1)NC. The molecule has 2 unspecified atom stereocenters. The summed E-state index contributed by atoms with van der Waals surface area (Å²) >= 11 is 2.04. The summed E-state index contributed by atoms with van der Waals surface area (Å²) in [6.07, 6.45) is 6.23. The molecule has 0 amide bonds. The van der Waals surface area contributed by atoms with Crippen LogP contribution in [0.3, 0.4) is 0 Å². The zero-order valence-electron chi connectivity index (χ0n) is 12.1. The summed E-state index contributed by atoms with van der Waals surface area (Å²) in [6, 6.07) is 0. The molecule has 4 heteroatoms. The van der Waals surface area contributed by atoms with Crippen LogP contribution in [0.25, 0.3) is 0 Å². The summed E-state index contributed by atoms with van der Waals surface area (Å²) in [5.74, 6) is -0.133. The van der Waals surface area contributed by atoms with E-state index < -0.39 is 5.54 Å². The predicted octanol–water partition coefficient (Wildman–Crippen LogP) is 2.98. The van der Waals surface area contributed by atoms with Gasteiger partial charge in [-0.05, 0) is 40.2 Å². The molecule has 0 saturated heterocycles. The summed E-state index contributed by atoms with van der Waals surface area (Å²) in [5.41, 5.74) is -0.555. The summed E-state index contributed by atoms with van der Waals surface area (Å²) in [4.78, 5) is 12.0. The van der Waals surface area contributed by atoms with E-state index in [1.807, 2.05) is 32.7 Å². The number of carbonyl (C=O) groups is 1. The number of likely N-dealkylation sites (N-methyl/N-ethyl adjacent to an activating group) is 1. The lowest BCUT2D eigenvalue weighted by Crippen LogP contribution is -2.50. The second-order valence-corrected chi connectivity index (χ2v) is 7.10. The smallest absolute Gasteiger partial charge is 0.326 e. The van der Waals surface area contributed by atoms with Crippen LogP contribution in [0.15, 0.2) is 0 Å². The normalized spacial score (nSPS) is 21.6. The Balaban J connectivity index is 2.47. The maximum absolute atomic E-state index is 12.0. The first-order valence-electron chi connectivity index (χ1n) is 7.03. The number of rotatable bonds is 7. The Kier molecular flexibility index (Phi) is 6.50. The fraction of sp³-hybridized carbons (Fsp3) is 0.929. The second kappa shape index (κ2) is 7.39. The van der Waals surface area contributed by atoms with Crippen molar-refractivity contribution in [1.82, 2.24) is 5.32 Å². The van der Waals surface area contributed by atoms with Gasteiger partial charge in [-0.2, -0.15) is 11.8 Å². The number of carbonyl (C=O) groups excluding carboxylic acids is 1. The molecular formula is C14H27NO2S. The molecule has 1 saturated carbocycles. The van der Waals surface area contributed by atoms with E-state index in [1.165, 1.54) is 25.7 Å². The second-order valence-electron chi connectivity index (χ2n) is 5.36. The fourth-order valence-corrected chi connectivity index (χ4v) is 4.25. The van der Waals surface area contributed by atoms with E-state index in [-0.39, 0.29) is 5.97 Å². The zero-order valence-corrected chi connectivity index (χ0v) is 12.9. The van der Waals surface area contributed by atoms with E-state index >= 15 is 0 Å². The molecule has 18 heavy (non-hydrogen) atoms. The van der Waals surface area contributed by atoms with Crippen LogP contribution in [-0.2, 0) is 9.53 Å². The van der Waals surface area contributed by atoms with Crippen LogP contribution in [0.4, 0.5) is 0 Å². The third-order valence-corrected chi connectivity index (χ3v) is 5.19. The third-order valence-electron chi connectivity index (χ3n) is 3.70. The maximum Gasteiger partial charge on any atom is 0.326 e. The quantitative estimate of drug-likeness (QED) is 0.724. The van der Waals surface area contributed by atoms with Gasteiger partial charge in [-0.3, -0.25) is 4.79 Å². The van der Waals surface area contributed by atoms with Crippen molar-refractivity contribution in [3.8, 4) is 0 Å². The molecule has 106 valence electrons. The molecular weight excluding hydrogens is 246 g/mol. The van der Waals surface area contributed by atoms with Crippen LogP contribution >= 0.6 is 11.8 Å². The molecule has 1 aliphatic carbocycles. The van der Waals surface area contributed by atoms with Crippen molar-refractivity contribution in [3.63, 3.8) is 0 Å². The number of hydrogen-bond donors (Lipinski definition) is 1. The van der Waals surface area contributed by atoms with Gasteiger partial charge in [0.2, 0.25) is 0 Å². The number of esters is 1. The van der Waals surface area contributed by atoms with Gasteiger partial charge in [0, 0.05) is 10.5 Å². The van der Waals surface area contributed by atoms with Gasteiger partial charge in [0.25, 0.3) is 0 Å². The third kappa shape index (κ3) is 4.47. The molecule has 0 heterocycles. The van der Waals surface area contributed by atoms with Crippen molar-refractivity contribution in [2.45, 2.75) is 68.9 Å². The molecule has 1 fully saturated rings. The first-order chi connectivity index (χ1) is 8.51. The minimum atomic E-state index is -0.555. The lowest BCUT2D eigenvalue weighted by atomic mass is 9.96. The van der Waals surface area contributed by atoms with E-state index in [4.69, 9.17) is 4.74 Å². The lowest BCUT2D eigenvalue weighted by molar-refractivity contribution is -0.150. The highest BCUT2D eigenvalue weighted by molar-refractivity contribution is 8.00. The molecule has 0 radical (unpaired) electrons. The first kappa shape index (κ1) is 15.8. The molecule has 1 aliphatic rings. The summed E-state index contributed by atoms with van der Waals surface area (Å²) < 4.78 is 5.16. The van der Waals surface area contributed by atoms with Crippen LogP contribution < -0.4 is 5.32 Å². The first-order valence-corrected chi connectivity index (χ1v) is 7.97. The summed E-state index contributed by atoms with van der Waals surface area (Å²) in [5, 5.41) is 4.41. The van der Waals surface area contributed by atoms with Crippen LogP contribution in [0.5, 0.6) is 0 Å². The lowest BCUT2D eigenvalue weighted by Gasteiger charge is -2.30. The molecule has 1 N–H and O–H groups in total. The highest BCUT2D eigenvalue weighted by Gasteiger charge is 2.35. The summed E-state index contributed by atoms with van der Waals surface area (Å²) in [7, 11) is 1.84. The van der Waals surface area contributed by atoms with E-state index in [2.05, 4.69) is 12.2 Å². The molecule has 3 nitrogen and oxygen atoms in total. The van der Waals surface area contributed by atoms with Gasteiger partial charge in [-0.25, -0.2) is 0 Å².